The standard InChI is InChI=1S/C38H40N2/c1-36(2,3)25-19-20-28-29(21-25)30-22-26(37(4,5)6)23-31-33(30)40-34(28)32(24-15-11-9-12-16-24)39(35(40)38(31,7)8)27-17-13-10-14-18-27/h9-23,35H,1-8H3. The molecule has 4 aromatic rings. The van der Waals surface area contributed by atoms with Crippen molar-refractivity contribution in [2.45, 2.75) is 77.8 Å². The monoisotopic (exact) mass is 524 g/mol. The lowest BCUT2D eigenvalue weighted by molar-refractivity contribution is 0.449. The number of hydrogen-bond acceptors (Lipinski definition) is 2. The molecule has 40 heavy (non-hydrogen) atoms. The Morgan fingerprint density at radius 3 is 1.80 bits per heavy atom. The molecular weight excluding hydrogens is 484 g/mol. The van der Waals surface area contributed by atoms with Gasteiger partial charge in [-0.3, -0.25) is 0 Å². The molecule has 0 radical (unpaired) electrons. The Labute approximate surface area is 240 Å². The average Bonchev–Trinajstić information content (AvgIpc) is 3.39. The van der Waals surface area contributed by atoms with E-state index in [0.29, 0.717) is 0 Å². The Morgan fingerprint density at radius 2 is 1.18 bits per heavy atom. The fraction of sp³-hybridized carbons (Fsp3) is 0.316. The predicted molar refractivity (Wildman–Crippen MR) is 171 cm³/mol. The van der Waals surface area contributed by atoms with E-state index in [1.807, 2.05) is 0 Å². The van der Waals surface area contributed by atoms with E-state index in [1.165, 1.54) is 61.7 Å². The maximum atomic E-state index is 2.69. The summed E-state index contributed by atoms with van der Waals surface area (Å²) in [6.07, 6.45) is 0.138. The zero-order valence-electron chi connectivity index (χ0n) is 25.1. The van der Waals surface area contributed by atoms with E-state index in [0.717, 1.165) is 0 Å². The molecule has 2 heteroatoms. The Balaban J connectivity index is 1.65. The Morgan fingerprint density at radius 1 is 0.575 bits per heavy atom. The van der Waals surface area contributed by atoms with Crippen molar-refractivity contribution in [3.63, 3.8) is 0 Å². The molecule has 7 rings (SSSR count). The molecule has 1 unspecified atom stereocenters. The summed E-state index contributed by atoms with van der Waals surface area (Å²) >= 11 is 0. The largest absolute Gasteiger partial charge is 0.317 e. The van der Waals surface area contributed by atoms with Crippen molar-refractivity contribution in [3.05, 3.63) is 119 Å². The fourth-order valence-electron chi connectivity index (χ4n) is 7.06. The molecule has 0 aromatic heterocycles. The van der Waals surface area contributed by atoms with Crippen LogP contribution >= 0.6 is 0 Å². The summed E-state index contributed by atoms with van der Waals surface area (Å²) in [5, 5.41) is 0. The summed E-state index contributed by atoms with van der Waals surface area (Å²) in [4.78, 5) is 5.31. The highest BCUT2D eigenvalue weighted by Gasteiger charge is 2.57. The highest BCUT2D eigenvalue weighted by molar-refractivity contribution is 6.15. The highest BCUT2D eigenvalue weighted by atomic mass is 15.5. The number of benzene rings is 4. The van der Waals surface area contributed by atoms with Gasteiger partial charge in [0.05, 0.1) is 17.1 Å². The van der Waals surface area contributed by atoms with E-state index in [2.05, 4.69) is 156 Å². The molecule has 0 bridgehead atoms. The molecule has 3 heterocycles. The van der Waals surface area contributed by atoms with Gasteiger partial charge in [-0.2, -0.15) is 0 Å². The molecule has 3 aliphatic heterocycles. The van der Waals surface area contributed by atoms with Crippen LogP contribution in [0.1, 0.15) is 83.2 Å². The summed E-state index contributed by atoms with van der Waals surface area (Å²) in [6.45, 7) is 18.9. The predicted octanol–water partition coefficient (Wildman–Crippen LogP) is 9.73. The summed E-state index contributed by atoms with van der Waals surface area (Å²) in [7, 11) is 0. The minimum atomic E-state index is -0.113. The number of hydrogen-bond donors (Lipinski definition) is 0. The van der Waals surface area contributed by atoms with Crippen molar-refractivity contribution in [2.75, 3.05) is 9.80 Å². The Bertz CT molecular complexity index is 1680. The SMILES string of the molecule is CC(C)(C)c1ccc2c(c1)-c1cc(C(C)(C)C)cc3c1N1C2=C(c2ccccc2)N(c2ccccc2)C1C3(C)C. The van der Waals surface area contributed by atoms with Crippen LogP contribution in [0.3, 0.4) is 0 Å². The van der Waals surface area contributed by atoms with Crippen molar-refractivity contribution in [1.29, 1.82) is 0 Å². The first-order valence-corrected chi connectivity index (χ1v) is 14.7. The number of fused-ring (bicyclic) bond motifs is 3. The highest BCUT2D eigenvalue weighted by Crippen LogP contribution is 2.63. The van der Waals surface area contributed by atoms with Gasteiger partial charge in [-0.15, -0.1) is 0 Å². The van der Waals surface area contributed by atoms with E-state index < -0.39 is 0 Å². The van der Waals surface area contributed by atoms with Crippen molar-refractivity contribution in [1.82, 2.24) is 0 Å². The molecule has 3 aliphatic rings. The topological polar surface area (TPSA) is 6.48 Å². The minimum absolute atomic E-state index is 0.0564. The third-order valence-corrected chi connectivity index (χ3v) is 9.26. The van der Waals surface area contributed by atoms with E-state index >= 15 is 0 Å². The van der Waals surface area contributed by atoms with Gasteiger partial charge < -0.3 is 9.80 Å². The molecule has 4 aromatic carbocycles. The molecule has 2 nitrogen and oxygen atoms in total. The van der Waals surface area contributed by atoms with Crippen LogP contribution < -0.4 is 9.80 Å². The van der Waals surface area contributed by atoms with Crippen LogP contribution in [0.25, 0.3) is 22.5 Å². The Kier molecular flexibility index (Phi) is 5.12. The minimum Gasteiger partial charge on any atom is -0.317 e. The molecule has 0 aliphatic carbocycles. The second-order valence-electron chi connectivity index (χ2n) is 14.4. The maximum absolute atomic E-state index is 2.69. The molecular formula is C38H40N2. The fourth-order valence-corrected chi connectivity index (χ4v) is 7.06. The lowest BCUT2D eigenvalue weighted by Crippen LogP contribution is -2.48. The molecule has 202 valence electrons. The second-order valence-corrected chi connectivity index (χ2v) is 14.4. The van der Waals surface area contributed by atoms with Crippen LogP contribution in [0.5, 0.6) is 0 Å². The molecule has 0 saturated carbocycles. The molecule has 0 saturated heterocycles. The van der Waals surface area contributed by atoms with Crippen LogP contribution in [0.15, 0.2) is 91.0 Å². The first kappa shape index (κ1) is 25.2. The van der Waals surface area contributed by atoms with Gasteiger partial charge in [0.2, 0.25) is 0 Å². The van der Waals surface area contributed by atoms with Crippen LogP contribution in [0.4, 0.5) is 11.4 Å². The average molecular weight is 525 g/mol. The smallest absolute Gasteiger partial charge is 0.120 e. The van der Waals surface area contributed by atoms with Gasteiger partial charge in [0, 0.05) is 27.8 Å². The van der Waals surface area contributed by atoms with Gasteiger partial charge in [0.1, 0.15) is 6.17 Å². The zero-order chi connectivity index (χ0) is 28.2. The van der Waals surface area contributed by atoms with Gasteiger partial charge in [0.25, 0.3) is 0 Å². The van der Waals surface area contributed by atoms with E-state index in [4.69, 9.17) is 0 Å². The van der Waals surface area contributed by atoms with Crippen molar-refractivity contribution in [2.24, 2.45) is 0 Å². The van der Waals surface area contributed by atoms with Gasteiger partial charge in [-0.25, -0.2) is 0 Å². The van der Waals surface area contributed by atoms with Gasteiger partial charge >= 0.3 is 0 Å². The number of rotatable bonds is 2. The number of para-hydroxylation sites is 1. The summed E-state index contributed by atoms with van der Waals surface area (Å²) in [6, 6.07) is 34.2. The third kappa shape index (κ3) is 3.41. The maximum Gasteiger partial charge on any atom is 0.120 e. The molecule has 0 fully saturated rings. The van der Waals surface area contributed by atoms with Gasteiger partial charge in [-0.05, 0) is 57.3 Å². The molecule has 0 spiro atoms. The quantitative estimate of drug-likeness (QED) is 0.257. The van der Waals surface area contributed by atoms with Crippen molar-refractivity contribution < 1.29 is 0 Å². The number of anilines is 2. The van der Waals surface area contributed by atoms with Crippen LogP contribution in [0.2, 0.25) is 0 Å². The molecule has 0 amide bonds. The summed E-state index contributed by atoms with van der Waals surface area (Å²) < 4.78 is 0. The number of nitrogens with zero attached hydrogens (tertiary/aromatic N) is 2. The zero-order valence-corrected chi connectivity index (χ0v) is 25.1. The first-order valence-electron chi connectivity index (χ1n) is 14.7. The van der Waals surface area contributed by atoms with Crippen molar-refractivity contribution in [3.8, 4) is 11.1 Å². The van der Waals surface area contributed by atoms with Gasteiger partial charge in [0.15, 0.2) is 0 Å². The lowest BCUT2D eigenvalue weighted by Gasteiger charge is -2.38. The van der Waals surface area contributed by atoms with Crippen LogP contribution in [-0.2, 0) is 16.2 Å². The van der Waals surface area contributed by atoms with E-state index in [-0.39, 0.29) is 22.4 Å². The Hall–Kier alpha value is -3.78. The molecule has 0 N–H and O–H groups in total. The lowest BCUT2D eigenvalue weighted by atomic mass is 9.75. The second kappa shape index (κ2) is 8.13. The summed E-state index contributed by atoms with van der Waals surface area (Å²) in [5.41, 5.74) is 14.8. The van der Waals surface area contributed by atoms with Crippen molar-refractivity contribution >= 4 is 22.8 Å². The summed E-state index contributed by atoms with van der Waals surface area (Å²) in [5.74, 6) is 0. The van der Waals surface area contributed by atoms with E-state index in [9.17, 15) is 0 Å². The van der Waals surface area contributed by atoms with E-state index in [1.54, 1.807) is 0 Å². The first-order chi connectivity index (χ1) is 18.9. The molecule has 1 atom stereocenters. The normalized spacial score (nSPS) is 18.8. The third-order valence-electron chi connectivity index (χ3n) is 9.26. The van der Waals surface area contributed by atoms with Gasteiger partial charge in [-0.1, -0.05) is 122 Å². The van der Waals surface area contributed by atoms with Crippen LogP contribution in [0, 0.1) is 0 Å². The van der Waals surface area contributed by atoms with Crippen LogP contribution in [-0.4, -0.2) is 6.17 Å².